The maximum absolute atomic E-state index is 13.3. The first-order chi connectivity index (χ1) is 15.5. The van der Waals surface area contributed by atoms with Crippen LogP contribution in [0.25, 0.3) is 5.57 Å². The van der Waals surface area contributed by atoms with E-state index in [-0.39, 0.29) is 17.6 Å². The third-order valence-corrected chi connectivity index (χ3v) is 5.30. The monoisotopic (exact) mass is 429 g/mol. The van der Waals surface area contributed by atoms with Crippen LogP contribution in [0.1, 0.15) is 34.3 Å². The third kappa shape index (κ3) is 5.40. The number of hydrogen-bond acceptors (Lipinski definition) is 3. The number of anilines is 2. The zero-order valence-electron chi connectivity index (χ0n) is 17.5. The molecule has 3 aromatic rings. The highest BCUT2D eigenvalue weighted by atomic mass is 19.1. The predicted molar refractivity (Wildman–Crippen MR) is 124 cm³/mol. The van der Waals surface area contributed by atoms with Gasteiger partial charge in [-0.3, -0.25) is 9.59 Å². The van der Waals surface area contributed by atoms with E-state index in [4.69, 9.17) is 5.73 Å². The van der Waals surface area contributed by atoms with Crippen LogP contribution >= 0.6 is 0 Å². The molecule has 4 rings (SSSR count). The fourth-order valence-corrected chi connectivity index (χ4v) is 3.29. The number of nitrogens with one attached hydrogen (secondary N) is 2. The molecule has 32 heavy (non-hydrogen) atoms. The smallest absolute Gasteiger partial charge is 0.255 e. The van der Waals surface area contributed by atoms with Gasteiger partial charge in [-0.1, -0.05) is 42.5 Å². The number of rotatable bonds is 7. The molecule has 2 amide bonds. The highest BCUT2D eigenvalue weighted by Crippen LogP contribution is 2.33. The summed E-state index contributed by atoms with van der Waals surface area (Å²) in [5, 5.41) is 5.71. The minimum atomic E-state index is -0.334. The number of benzene rings is 3. The van der Waals surface area contributed by atoms with E-state index in [0.717, 1.165) is 18.4 Å². The molecule has 0 atom stereocenters. The van der Waals surface area contributed by atoms with Gasteiger partial charge in [0.1, 0.15) is 5.82 Å². The molecule has 1 saturated carbocycles. The number of halogens is 1. The van der Waals surface area contributed by atoms with Crippen LogP contribution in [0.4, 0.5) is 15.8 Å². The maximum atomic E-state index is 13.3. The molecule has 0 bridgehead atoms. The lowest BCUT2D eigenvalue weighted by Crippen LogP contribution is -2.24. The van der Waals surface area contributed by atoms with E-state index >= 15 is 0 Å². The second-order valence-electron chi connectivity index (χ2n) is 7.85. The van der Waals surface area contributed by atoms with Crippen molar-refractivity contribution in [3.63, 3.8) is 0 Å². The molecule has 6 heteroatoms. The maximum Gasteiger partial charge on any atom is 0.255 e. The Morgan fingerprint density at radius 2 is 1.59 bits per heavy atom. The number of nitrogens with two attached hydrogens (primary N) is 1. The molecule has 0 radical (unpaired) electrons. The molecule has 0 saturated heterocycles. The topological polar surface area (TPSA) is 84.2 Å². The first-order valence-electron chi connectivity index (χ1n) is 10.5. The van der Waals surface area contributed by atoms with Gasteiger partial charge in [-0.2, -0.15) is 0 Å². The Hall–Kier alpha value is -3.93. The fourth-order valence-electron chi connectivity index (χ4n) is 3.29. The number of amides is 2. The lowest BCUT2D eigenvalue weighted by Gasteiger charge is -2.11. The van der Waals surface area contributed by atoms with E-state index in [1.807, 2.05) is 6.08 Å². The van der Waals surface area contributed by atoms with E-state index in [2.05, 4.69) is 10.6 Å². The average Bonchev–Trinajstić information content (AvgIpc) is 3.63. The van der Waals surface area contributed by atoms with Crippen LogP contribution in [-0.4, -0.2) is 11.8 Å². The van der Waals surface area contributed by atoms with Gasteiger partial charge in [-0.15, -0.1) is 0 Å². The fraction of sp³-hybridized carbons (Fsp3) is 0.154. The van der Waals surface area contributed by atoms with Crippen LogP contribution in [0.15, 0.2) is 78.9 Å². The summed E-state index contributed by atoms with van der Waals surface area (Å²) in [6, 6.07) is 20.0. The Balaban J connectivity index is 1.38. The highest BCUT2D eigenvalue weighted by molar-refractivity contribution is 6.19. The standard InChI is InChI=1S/C26H24FN3O2/c27-21-13-11-19(12-14-21)22(15-17-5-6-17)26(32)29-16-18-7-9-20(10-8-18)25(31)30-24-4-2-1-3-23(24)28/h1-4,7-15,17H,5-6,16,28H2,(H,29,32)(H,30,31). The number of para-hydroxylation sites is 2. The molecule has 3 aromatic carbocycles. The van der Waals surface area contributed by atoms with E-state index in [0.29, 0.717) is 40.5 Å². The zero-order valence-corrected chi connectivity index (χ0v) is 17.5. The van der Waals surface area contributed by atoms with Crippen molar-refractivity contribution in [2.75, 3.05) is 11.1 Å². The van der Waals surface area contributed by atoms with Gasteiger partial charge in [0.15, 0.2) is 0 Å². The van der Waals surface area contributed by atoms with Gasteiger partial charge in [0.2, 0.25) is 0 Å². The van der Waals surface area contributed by atoms with Crippen molar-refractivity contribution in [2.24, 2.45) is 5.92 Å². The summed E-state index contributed by atoms with van der Waals surface area (Å²) in [7, 11) is 0. The predicted octanol–water partition coefficient (Wildman–Crippen LogP) is 4.77. The van der Waals surface area contributed by atoms with E-state index in [1.54, 1.807) is 60.7 Å². The molecule has 1 aliphatic rings. The third-order valence-electron chi connectivity index (χ3n) is 5.30. The lowest BCUT2D eigenvalue weighted by molar-refractivity contribution is -0.115. The van der Waals surface area contributed by atoms with Gasteiger partial charge < -0.3 is 16.4 Å². The number of nitrogen functional groups attached to an aromatic ring is 1. The van der Waals surface area contributed by atoms with Crippen LogP contribution in [0.2, 0.25) is 0 Å². The van der Waals surface area contributed by atoms with Gasteiger partial charge in [0, 0.05) is 17.7 Å². The van der Waals surface area contributed by atoms with Crippen molar-refractivity contribution >= 4 is 28.8 Å². The van der Waals surface area contributed by atoms with Crippen molar-refractivity contribution in [3.05, 3.63) is 101 Å². The molecule has 0 aliphatic heterocycles. The number of carbonyl (C=O) groups is 2. The van der Waals surface area contributed by atoms with Crippen molar-refractivity contribution in [2.45, 2.75) is 19.4 Å². The number of allylic oxidation sites excluding steroid dienone is 1. The molecular formula is C26H24FN3O2. The Morgan fingerprint density at radius 1 is 0.938 bits per heavy atom. The van der Waals surface area contributed by atoms with E-state index < -0.39 is 0 Å². The number of carbonyl (C=O) groups excluding carboxylic acids is 2. The molecule has 0 spiro atoms. The molecule has 0 aromatic heterocycles. The summed E-state index contributed by atoms with van der Waals surface area (Å²) in [6.45, 7) is 0.315. The molecule has 0 heterocycles. The van der Waals surface area contributed by atoms with Crippen LogP contribution in [0, 0.1) is 11.7 Å². The highest BCUT2D eigenvalue weighted by Gasteiger charge is 2.22. The molecule has 1 fully saturated rings. The van der Waals surface area contributed by atoms with Crippen molar-refractivity contribution in [1.29, 1.82) is 0 Å². The van der Waals surface area contributed by atoms with Crippen LogP contribution in [0.3, 0.4) is 0 Å². The van der Waals surface area contributed by atoms with Gasteiger partial charge in [0.05, 0.1) is 11.4 Å². The Morgan fingerprint density at radius 3 is 2.25 bits per heavy atom. The molecule has 0 unspecified atom stereocenters. The van der Waals surface area contributed by atoms with Gasteiger partial charge in [0.25, 0.3) is 11.8 Å². The molecule has 162 valence electrons. The first-order valence-corrected chi connectivity index (χ1v) is 10.5. The summed E-state index contributed by atoms with van der Waals surface area (Å²) < 4.78 is 13.3. The van der Waals surface area contributed by atoms with E-state index in [1.165, 1.54) is 12.1 Å². The Kier molecular flexibility index (Phi) is 6.31. The normalized spacial score (nSPS) is 13.5. The molecular weight excluding hydrogens is 405 g/mol. The second kappa shape index (κ2) is 9.47. The van der Waals surface area contributed by atoms with Crippen molar-refractivity contribution in [3.8, 4) is 0 Å². The second-order valence-corrected chi connectivity index (χ2v) is 7.85. The quantitative estimate of drug-likeness (QED) is 0.374. The SMILES string of the molecule is Nc1ccccc1NC(=O)c1ccc(CNC(=O)C(=CC2CC2)c2ccc(F)cc2)cc1. The van der Waals surface area contributed by atoms with Crippen LogP contribution in [0.5, 0.6) is 0 Å². The molecule has 1 aliphatic carbocycles. The average molecular weight is 429 g/mol. The molecule has 5 nitrogen and oxygen atoms in total. The van der Waals surface area contributed by atoms with Gasteiger partial charge >= 0.3 is 0 Å². The minimum absolute atomic E-state index is 0.204. The van der Waals surface area contributed by atoms with Crippen molar-refractivity contribution < 1.29 is 14.0 Å². The summed E-state index contributed by atoms with van der Waals surface area (Å²) in [5.74, 6) is -0.398. The lowest BCUT2D eigenvalue weighted by atomic mass is 10.0. The molecule has 4 N–H and O–H groups in total. The number of hydrogen-bond donors (Lipinski definition) is 3. The van der Waals surface area contributed by atoms with Crippen LogP contribution in [-0.2, 0) is 11.3 Å². The zero-order chi connectivity index (χ0) is 22.5. The largest absolute Gasteiger partial charge is 0.397 e. The van der Waals surface area contributed by atoms with Gasteiger partial charge in [-0.25, -0.2) is 4.39 Å². The van der Waals surface area contributed by atoms with Crippen LogP contribution < -0.4 is 16.4 Å². The first kappa shape index (κ1) is 21.3. The summed E-state index contributed by atoms with van der Waals surface area (Å²) in [5.41, 5.74) is 9.53. The minimum Gasteiger partial charge on any atom is -0.397 e. The van der Waals surface area contributed by atoms with E-state index in [9.17, 15) is 14.0 Å². The Labute approximate surface area is 186 Å². The van der Waals surface area contributed by atoms with Gasteiger partial charge in [-0.05, 0) is 66.3 Å². The Bertz CT molecular complexity index is 1150. The summed E-state index contributed by atoms with van der Waals surface area (Å²) >= 11 is 0. The van der Waals surface area contributed by atoms with Crippen molar-refractivity contribution in [1.82, 2.24) is 5.32 Å². The summed E-state index contributed by atoms with van der Waals surface area (Å²) in [6.07, 6.45) is 4.09. The summed E-state index contributed by atoms with van der Waals surface area (Å²) in [4.78, 5) is 25.3.